The summed E-state index contributed by atoms with van der Waals surface area (Å²) < 4.78 is 54.4. The Hall–Kier alpha value is -2.83. The van der Waals surface area contributed by atoms with E-state index >= 15 is 0 Å². The average molecular weight is 527 g/mol. The minimum absolute atomic E-state index is 0.0120. The number of nitrogens with two attached hydrogens (primary N) is 1. The van der Waals surface area contributed by atoms with Crippen LogP contribution < -0.4 is 20.7 Å². The molecular formula is C23H26ClF3N6O3. The molecule has 194 valence electrons. The van der Waals surface area contributed by atoms with Gasteiger partial charge in [0, 0.05) is 32.7 Å². The third-order valence-corrected chi connectivity index (χ3v) is 6.99. The lowest BCUT2D eigenvalue weighted by Crippen LogP contribution is -2.55. The number of anilines is 2. The highest BCUT2D eigenvalue weighted by molar-refractivity contribution is 6.35. The van der Waals surface area contributed by atoms with Crippen LogP contribution in [0.25, 0.3) is 11.4 Å². The standard InChI is InChI=1S/C23H26ClF3N6O3/c1-2-12-9-14(28)30-18(16(12)23(25,26)27)19-17(24)20-15(21(31-19)32-5-7-35-8-6-32)22(34)33-4-3-29-10-13(33)11-36-20/h9,13,29H,2-8,10-11H2,1H3,(H2,28,30)/t13-/m1/s1. The predicted octanol–water partition coefficient (Wildman–Crippen LogP) is 2.60. The van der Waals surface area contributed by atoms with E-state index in [1.165, 1.54) is 6.07 Å². The molecule has 9 nitrogen and oxygen atoms in total. The zero-order valence-electron chi connectivity index (χ0n) is 19.6. The monoisotopic (exact) mass is 526 g/mol. The van der Waals surface area contributed by atoms with Gasteiger partial charge in [-0.15, -0.1) is 0 Å². The van der Waals surface area contributed by atoms with Gasteiger partial charge in [0.05, 0.1) is 24.8 Å². The van der Waals surface area contributed by atoms with Crippen molar-refractivity contribution in [2.24, 2.45) is 0 Å². The third-order valence-electron chi connectivity index (χ3n) is 6.64. The van der Waals surface area contributed by atoms with Gasteiger partial charge in [0.15, 0.2) is 5.75 Å². The molecule has 3 aliphatic rings. The molecule has 1 amide bonds. The Morgan fingerprint density at radius 2 is 1.97 bits per heavy atom. The van der Waals surface area contributed by atoms with Gasteiger partial charge in [-0.3, -0.25) is 4.79 Å². The molecule has 3 aliphatic heterocycles. The lowest BCUT2D eigenvalue weighted by molar-refractivity contribution is -0.137. The summed E-state index contributed by atoms with van der Waals surface area (Å²) >= 11 is 6.71. The molecule has 1 atom stereocenters. The summed E-state index contributed by atoms with van der Waals surface area (Å²) in [6.45, 7) is 4.90. The number of rotatable bonds is 3. The number of aromatic nitrogens is 2. The van der Waals surface area contributed by atoms with Gasteiger partial charge >= 0.3 is 6.18 Å². The second-order valence-corrected chi connectivity index (χ2v) is 9.23. The van der Waals surface area contributed by atoms with Gasteiger partial charge in [0.25, 0.3) is 5.91 Å². The van der Waals surface area contributed by atoms with E-state index in [9.17, 15) is 18.0 Å². The number of carbonyl (C=O) groups is 1. The number of carbonyl (C=O) groups excluding carboxylic acids is 1. The lowest BCUT2D eigenvalue weighted by Gasteiger charge is -2.35. The van der Waals surface area contributed by atoms with E-state index in [-0.39, 0.29) is 64.2 Å². The molecule has 2 fully saturated rings. The molecule has 2 aromatic rings. The Kier molecular flexibility index (Phi) is 6.60. The fourth-order valence-corrected chi connectivity index (χ4v) is 5.19. The molecule has 2 aromatic heterocycles. The first-order valence-electron chi connectivity index (χ1n) is 11.8. The Morgan fingerprint density at radius 1 is 1.22 bits per heavy atom. The van der Waals surface area contributed by atoms with Gasteiger partial charge in [0.2, 0.25) is 0 Å². The number of hydrogen-bond donors (Lipinski definition) is 2. The van der Waals surface area contributed by atoms with Crippen LogP contribution in [0.5, 0.6) is 5.75 Å². The first-order chi connectivity index (χ1) is 17.2. The van der Waals surface area contributed by atoms with Gasteiger partial charge in [-0.25, -0.2) is 9.97 Å². The van der Waals surface area contributed by atoms with Crippen LogP contribution in [-0.4, -0.2) is 79.4 Å². The van der Waals surface area contributed by atoms with Gasteiger partial charge in [-0.1, -0.05) is 18.5 Å². The maximum Gasteiger partial charge on any atom is 0.418 e. The molecule has 36 heavy (non-hydrogen) atoms. The van der Waals surface area contributed by atoms with Gasteiger partial charge < -0.3 is 30.3 Å². The van der Waals surface area contributed by atoms with Crippen molar-refractivity contribution in [3.63, 3.8) is 0 Å². The third kappa shape index (κ3) is 4.31. The molecule has 0 aliphatic carbocycles. The first-order valence-corrected chi connectivity index (χ1v) is 12.2. The van der Waals surface area contributed by atoms with E-state index in [2.05, 4.69) is 15.3 Å². The molecular weight excluding hydrogens is 501 g/mol. The van der Waals surface area contributed by atoms with Crippen molar-refractivity contribution < 1.29 is 27.4 Å². The van der Waals surface area contributed by atoms with Crippen LogP contribution in [0.3, 0.4) is 0 Å². The van der Waals surface area contributed by atoms with Crippen molar-refractivity contribution in [3.05, 3.63) is 27.8 Å². The number of aryl methyl sites for hydroxylation is 1. The number of nitrogen functional groups attached to an aromatic ring is 1. The molecule has 5 rings (SSSR count). The average Bonchev–Trinajstić information content (AvgIpc) is 3.01. The molecule has 0 saturated carbocycles. The van der Waals surface area contributed by atoms with E-state index < -0.39 is 17.4 Å². The number of halogens is 4. The van der Waals surface area contributed by atoms with Gasteiger partial charge in [0.1, 0.15) is 40.2 Å². The number of fused-ring (bicyclic) bond motifs is 2. The van der Waals surface area contributed by atoms with Crippen LogP contribution in [-0.2, 0) is 17.3 Å². The summed E-state index contributed by atoms with van der Waals surface area (Å²) in [5.74, 6) is -0.191. The normalized spacial score (nSPS) is 20.5. The maximum atomic E-state index is 14.3. The van der Waals surface area contributed by atoms with Crippen molar-refractivity contribution in [1.29, 1.82) is 0 Å². The number of alkyl halides is 3. The Labute approximate surface area is 210 Å². The molecule has 3 N–H and O–H groups in total. The lowest BCUT2D eigenvalue weighted by atomic mass is 10.00. The van der Waals surface area contributed by atoms with E-state index in [0.29, 0.717) is 45.9 Å². The fourth-order valence-electron chi connectivity index (χ4n) is 4.91. The molecule has 0 aromatic carbocycles. The Bertz CT molecular complexity index is 1190. The highest BCUT2D eigenvalue weighted by atomic mass is 35.5. The van der Waals surface area contributed by atoms with E-state index in [0.717, 1.165) is 0 Å². The summed E-state index contributed by atoms with van der Waals surface area (Å²) in [6, 6.07) is 0.955. The zero-order chi connectivity index (χ0) is 25.6. The Morgan fingerprint density at radius 3 is 2.67 bits per heavy atom. The van der Waals surface area contributed by atoms with Crippen molar-refractivity contribution in [2.75, 3.05) is 63.2 Å². The molecule has 2 saturated heterocycles. The van der Waals surface area contributed by atoms with Crippen molar-refractivity contribution in [1.82, 2.24) is 20.2 Å². The number of nitrogens with one attached hydrogen (secondary N) is 1. The number of morpholine rings is 1. The molecule has 13 heteroatoms. The summed E-state index contributed by atoms with van der Waals surface area (Å²) in [5.41, 5.74) is 4.36. The van der Waals surface area contributed by atoms with Gasteiger partial charge in [-0.2, -0.15) is 13.2 Å². The predicted molar refractivity (Wildman–Crippen MR) is 127 cm³/mol. The zero-order valence-corrected chi connectivity index (χ0v) is 20.4. The van der Waals surface area contributed by atoms with E-state index in [1.54, 1.807) is 11.8 Å². The summed E-state index contributed by atoms with van der Waals surface area (Å²) in [5, 5.41) is 3.03. The van der Waals surface area contributed by atoms with Crippen molar-refractivity contribution in [3.8, 4) is 17.1 Å². The van der Waals surface area contributed by atoms with E-state index in [4.69, 9.17) is 26.8 Å². The second kappa shape index (κ2) is 9.56. The number of nitrogens with zero attached hydrogens (tertiary/aromatic N) is 4. The summed E-state index contributed by atoms with van der Waals surface area (Å²) in [4.78, 5) is 25.9. The fraction of sp³-hybridized carbons (Fsp3) is 0.522. The van der Waals surface area contributed by atoms with E-state index in [1.807, 2.05) is 4.90 Å². The molecule has 0 unspecified atom stereocenters. The topological polar surface area (TPSA) is 106 Å². The Balaban J connectivity index is 1.78. The molecule has 0 bridgehead atoms. The SMILES string of the molecule is CCc1cc(N)nc(-c2nc(N3CCOCC3)c3c(c2Cl)OC[C@H]2CNCCN2C3=O)c1C(F)(F)F. The number of hydrogen-bond acceptors (Lipinski definition) is 8. The second-order valence-electron chi connectivity index (χ2n) is 8.85. The minimum Gasteiger partial charge on any atom is -0.489 e. The molecule has 0 spiro atoms. The number of pyridine rings is 2. The minimum atomic E-state index is -4.73. The first kappa shape index (κ1) is 24.8. The number of amides is 1. The van der Waals surface area contributed by atoms with Crippen LogP contribution in [0.15, 0.2) is 6.07 Å². The van der Waals surface area contributed by atoms with Crippen molar-refractivity contribution >= 4 is 29.1 Å². The van der Waals surface area contributed by atoms with Crippen LogP contribution in [0.1, 0.15) is 28.4 Å². The van der Waals surface area contributed by atoms with Crippen molar-refractivity contribution in [2.45, 2.75) is 25.6 Å². The molecule has 5 heterocycles. The number of ether oxygens (including phenoxy) is 2. The van der Waals surface area contributed by atoms with Crippen LogP contribution in [0.4, 0.5) is 24.8 Å². The van der Waals surface area contributed by atoms with Crippen LogP contribution in [0, 0.1) is 0 Å². The summed E-state index contributed by atoms with van der Waals surface area (Å²) in [6.07, 6.45) is -4.66. The summed E-state index contributed by atoms with van der Waals surface area (Å²) in [7, 11) is 0. The quantitative estimate of drug-likeness (QED) is 0.629. The van der Waals surface area contributed by atoms with Gasteiger partial charge in [-0.05, 0) is 18.1 Å². The highest BCUT2D eigenvalue weighted by Gasteiger charge is 2.42. The number of piperazine rings is 1. The molecule has 0 radical (unpaired) electrons. The van der Waals surface area contributed by atoms with Crippen LogP contribution >= 0.6 is 11.6 Å². The maximum absolute atomic E-state index is 14.3. The largest absolute Gasteiger partial charge is 0.489 e. The highest BCUT2D eigenvalue weighted by Crippen LogP contribution is 2.47. The smallest absolute Gasteiger partial charge is 0.418 e. The van der Waals surface area contributed by atoms with Crippen LogP contribution in [0.2, 0.25) is 5.02 Å².